The zero-order valence-electron chi connectivity index (χ0n) is 20.5. The van der Waals surface area contributed by atoms with Crippen molar-refractivity contribution in [3.8, 4) is 11.5 Å². The van der Waals surface area contributed by atoms with E-state index in [1.165, 1.54) is 10.5 Å². The Morgan fingerprint density at radius 2 is 1.86 bits per heavy atom. The molecule has 182 valence electrons. The number of nitrogens with one attached hydrogen (secondary N) is 2. The van der Waals surface area contributed by atoms with Crippen LogP contribution in [0, 0.1) is 12.3 Å². The van der Waals surface area contributed by atoms with E-state index >= 15 is 0 Å². The predicted molar refractivity (Wildman–Crippen MR) is 134 cm³/mol. The van der Waals surface area contributed by atoms with Gasteiger partial charge in [-0.25, -0.2) is 4.98 Å². The van der Waals surface area contributed by atoms with Crippen molar-refractivity contribution in [3.63, 3.8) is 0 Å². The fraction of sp³-hybridized carbons (Fsp3) is 0.308. The number of nitrogens with zero attached hydrogens (tertiary/aromatic N) is 3. The molecule has 0 aliphatic heterocycles. The largest absolute Gasteiger partial charge is 0.493 e. The second kappa shape index (κ2) is 9.61. The number of aryl methyl sites for hydroxylation is 1. The summed E-state index contributed by atoms with van der Waals surface area (Å²) in [5, 5.41) is 11.9. The molecule has 3 aromatic heterocycles. The van der Waals surface area contributed by atoms with Gasteiger partial charge in [-0.1, -0.05) is 12.1 Å². The molecule has 1 aromatic carbocycles. The average Bonchev–Trinajstić information content (AvgIpc) is 2.84. The highest BCUT2D eigenvalue weighted by Gasteiger charge is 2.19. The van der Waals surface area contributed by atoms with Gasteiger partial charge in [0.25, 0.3) is 11.5 Å². The zero-order valence-corrected chi connectivity index (χ0v) is 20.5. The molecule has 0 fully saturated rings. The highest BCUT2D eigenvalue weighted by Crippen LogP contribution is 2.27. The molecule has 3 heterocycles. The van der Waals surface area contributed by atoms with E-state index in [-0.39, 0.29) is 22.7 Å². The van der Waals surface area contributed by atoms with Gasteiger partial charge in [-0.15, -0.1) is 0 Å². The third kappa shape index (κ3) is 4.37. The first-order valence-electron chi connectivity index (χ1n) is 11.4. The molecule has 0 atom stereocenters. The van der Waals surface area contributed by atoms with Crippen LogP contribution in [0.1, 0.15) is 41.4 Å². The van der Waals surface area contributed by atoms with Crippen molar-refractivity contribution in [2.45, 2.75) is 33.2 Å². The van der Waals surface area contributed by atoms with Gasteiger partial charge in [-0.05, 0) is 62.6 Å². The lowest BCUT2D eigenvalue weighted by Crippen LogP contribution is -2.36. The molecule has 2 N–H and O–H groups in total. The molecular formula is C26H29N5O4. The van der Waals surface area contributed by atoms with Crippen LogP contribution in [0.25, 0.3) is 16.7 Å². The summed E-state index contributed by atoms with van der Waals surface area (Å²) in [4.78, 5) is 31.1. The lowest BCUT2D eigenvalue weighted by molar-refractivity contribution is 0.0951. The number of pyridine rings is 2. The number of aromatic nitrogens is 3. The Hall–Kier alpha value is -4.14. The molecule has 0 aliphatic carbocycles. The normalized spacial score (nSPS) is 11.3. The van der Waals surface area contributed by atoms with E-state index in [1.54, 1.807) is 31.0 Å². The van der Waals surface area contributed by atoms with E-state index in [0.29, 0.717) is 41.1 Å². The van der Waals surface area contributed by atoms with Crippen molar-refractivity contribution in [2.24, 2.45) is 0 Å². The smallest absolute Gasteiger partial charge is 0.267 e. The van der Waals surface area contributed by atoms with Crippen molar-refractivity contribution in [1.82, 2.24) is 19.3 Å². The van der Waals surface area contributed by atoms with Gasteiger partial charge < -0.3 is 19.4 Å². The Kier molecular flexibility index (Phi) is 6.59. The van der Waals surface area contributed by atoms with Crippen LogP contribution in [-0.4, -0.2) is 40.6 Å². The number of hydrogen-bond acceptors (Lipinski definition) is 6. The van der Waals surface area contributed by atoms with Crippen LogP contribution in [0.15, 0.2) is 47.4 Å². The van der Waals surface area contributed by atoms with Crippen LogP contribution in [-0.2, 0) is 6.42 Å². The Morgan fingerprint density at radius 1 is 1.11 bits per heavy atom. The average molecular weight is 476 g/mol. The van der Waals surface area contributed by atoms with Gasteiger partial charge >= 0.3 is 0 Å². The minimum Gasteiger partial charge on any atom is -0.493 e. The molecule has 0 saturated carbocycles. The summed E-state index contributed by atoms with van der Waals surface area (Å²) in [5.74, 6) is 0.837. The van der Waals surface area contributed by atoms with E-state index in [1.807, 2.05) is 45.0 Å². The number of benzene rings is 1. The maximum atomic E-state index is 13.3. The van der Waals surface area contributed by atoms with Crippen LogP contribution in [0.4, 0.5) is 0 Å². The zero-order chi connectivity index (χ0) is 25.3. The fourth-order valence-corrected chi connectivity index (χ4v) is 4.19. The highest BCUT2D eigenvalue weighted by molar-refractivity contribution is 5.96. The molecule has 4 aromatic rings. The molecule has 0 radical (unpaired) electrons. The summed E-state index contributed by atoms with van der Waals surface area (Å²) in [6, 6.07) is 10.6. The number of methoxy groups -OCH3 is 2. The van der Waals surface area contributed by atoms with Gasteiger partial charge in [0.05, 0.1) is 25.2 Å². The van der Waals surface area contributed by atoms with Gasteiger partial charge in [-0.3, -0.25) is 19.4 Å². The Bertz CT molecular complexity index is 1550. The maximum absolute atomic E-state index is 13.3. The molecule has 0 unspecified atom stereocenters. The van der Waals surface area contributed by atoms with Crippen LogP contribution in [0.2, 0.25) is 0 Å². The lowest BCUT2D eigenvalue weighted by atomic mass is 10.1. The second-order valence-electron chi connectivity index (χ2n) is 8.60. The summed E-state index contributed by atoms with van der Waals surface area (Å²) in [6.45, 7) is 6.03. The molecule has 0 spiro atoms. The van der Waals surface area contributed by atoms with Crippen molar-refractivity contribution in [2.75, 3.05) is 20.8 Å². The third-order valence-corrected chi connectivity index (χ3v) is 5.99. The summed E-state index contributed by atoms with van der Waals surface area (Å²) < 4.78 is 13.7. The Balaban J connectivity index is 1.70. The first-order valence-corrected chi connectivity index (χ1v) is 11.4. The van der Waals surface area contributed by atoms with Crippen LogP contribution >= 0.6 is 0 Å². The summed E-state index contributed by atoms with van der Waals surface area (Å²) in [7, 11) is 3.15. The number of carbonyl (C=O) groups is 1. The molecule has 0 saturated heterocycles. The van der Waals surface area contributed by atoms with Crippen molar-refractivity contribution in [3.05, 3.63) is 75.1 Å². The van der Waals surface area contributed by atoms with Crippen LogP contribution in [0.5, 0.6) is 11.5 Å². The van der Waals surface area contributed by atoms with Gasteiger partial charge in [-0.2, -0.15) is 0 Å². The molecule has 0 aliphatic rings. The van der Waals surface area contributed by atoms with Gasteiger partial charge in [0.1, 0.15) is 16.8 Å². The lowest BCUT2D eigenvalue weighted by Gasteiger charge is -2.17. The molecule has 35 heavy (non-hydrogen) atoms. The number of rotatable bonds is 7. The molecule has 4 rings (SSSR count). The number of hydrogen-bond donors (Lipinski definition) is 2. The molecule has 1 amide bonds. The van der Waals surface area contributed by atoms with Crippen LogP contribution in [0.3, 0.4) is 0 Å². The molecule has 9 heteroatoms. The van der Waals surface area contributed by atoms with Crippen molar-refractivity contribution < 1.29 is 14.3 Å². The molecular weight excluding hydrogens is 446 g/mol. The third-order valence-electron chi connectivity index (χ3n) is 5.99. The quantitative estimate of drug-likeness (QED) is 0.399. The summed E-state index contributed by atoms with van der Waals surface area (Å²) in [5.41, 5.74) is 2.62. The maximum Gasteiger partial charge on any atom is 0.267 e. The number of fused-ring (bicyclic) bond motifs is 2. The van der Waals surface area contributed by atoms with Crippen LogP contribution < -0.4 is 25.8 Å². The molecule has 9 nitrogen and oxygen atoms in total. The topological polar surface area (TPSA) is 111 Å². The predicted octanol–water partition coefficient (Wildman–Crippen LogP) is 3.01. The summed E-state index contributed by atoms with van der Waals surface area (Å²) >= 11 is 0. The highest BCUT2D eigenvalue weighted by atomic mass is 16.5. The number of carbonyl (C=O) groups excluding carboxylic acids is 1. The Morgan fingerprint density at radius 3 is 2.54 bits per heavy atom. The van der Waals surface area contributed by atoms with Gasteiger partial charge in [0.2, 0.25) is 0 Å². The number of amides is 1. The Labute approximate surface area is 202 Å². The number of ether oxygens (including phenoxy) is 2. The second-order valence-corrected chi connectivity index (χ2v) is 8.60. The fourth-order valence-electron chi connectivity index (χ4n) is 4.19. The summed E-state index contributed by atoms with van der Waals surface area (Å²) in [6.07, 6.45) is 2.22. The SMILES string of the molecule is COc1ccc(CCNC(=O)c2cc3c(=O)n4cccc(C)c4nc3n(C(C)C)c2=N)cc1OC. The van der Waals surface area contributed by atoms with Gasteiger partial charge in [0.15, 0.2) is 11.5 Å². The standard InChI is InChI=1S/C26H29N5O4/c1-15(2)31-22(27)18(14-19-24(31)29-23-16(3)7-6-12-30(23)26(19)33)25(32)28-11-10-17-8-9-20(34-4)21(13-17)35-5/h6-9,12-15,27H,10-11H2,1-5H3,(H,28,32). The monoisotopic (exact) mass is 475 g/mol. The molecule has 0 bridgehead atoms. The van der Waals surface area contributed by atoms with Crippen molar-refractivity contribution in [1.29, 1.82) is 5.41 Å². The van der Waals surface area contributed by atoms with Gasteiger partial charge in [0, 0.05) is 18.8 Å². The first-order chi connectivity index (χ1) is 16.8. The van der Waals surface area contributed by atoms with Crippen molar-refractivity contribution >= 4 is 22.6 Å². The van der Waals surface area contributed by atoms with E-state index in [0.717, 1.165) is 11.1 Å². The minimum absolute atomic E-state index is 0.0148. The first kappa shape index (κ1) is 24.0. The van der Waals surface area contributed by atoms with E-state index in [9.17, 15) is 9.59 Å². The van der Waals surface area contributed by atoms with E-state index in [4.69, 9.17) is 19.9 Å². The minimum atomic E-state index is -0.416. The van der Waals surface area contributed by atoms with E-state index < -0.39 is 5.91 Å². The van der Waals surface area contributed by atoms with E-state index in [2.05, 4.69) is 5.32 Å².